The molecule has 1 aromatic heterocycles. The number of fused-ring (bicyclic) bond motifs is 2. The third kappa shape index (κ3) is 2.71. The first-order valence-corrected chi connectivity index (χ1v) is 8.21. The normalized spacial score (nSPS) is 23.7. The number of amides is 2. The van der Waals surface area contributed by atoms with E-state index in [2.05, 4.69) is 15.3 Å². The van der Waals surface area contributed by atoms with Crippen molar-refractivity contribution in [3.63, 3.8) is 0 Å². The topological polar surface area (TPSA) is 75.2 Å². The van der Waals surface area contributed by atoms with Crippen molar-refractivity contribution in [2.75, 3.05) is 18.4 Å². The van der Waals surface area contributed by atoms with Gasteiger partial charge in [0, 0.05) is 18.9 Å². The Bertz CT molecular complexity index is 909. The van der Waals surface area contributed by atoms with Gasteiger partial charge < -0.3 is 4.90 Å². The summed E-state index contributed by atoms with van der Waals surface area (Å²) in [6.45, 7) is 1.80. The Morgan fingerprint density at radius 3 is 2.77 bits per heavy atom. The second kappa shape index (κ2) is 5.82. The van der Waals surface area contributed by atoms with Gasteiger partial charge >= 0.3 is 0 Å². The molecule has 8 heteroatoms. The first-order chi connectivity index (χ1) is 12.4. The fourth-order valence-electron chi connectivity index (χ4n) is 3.47. The molecule has 1 N–H and O–H groups in total. The van der Waals surface area contributed by atoms with Gasteiger partial charge in [-0.05, 0) is 25.0 Å². The minimum atomic E-state index is -1.03. The highest BCUT2D eigenvalue weighted by Crippen LogP contribution is 2.54. The molecule has 2 heterocycles. The minimum absolute atomic E-state index is 0. The molecule has 4 rings (SSSR count). The minimum Gasteiger partial charge on any atom is -0.328 e. The van der Waals surface area contributed by atoms with E-state index in [1.54, 1.807) is 12.1 Å². The number of nitrogens with zero attached hydrogens (tertiary/aromatic N) is 3. The molecule has 1 unspecified atom stereocenters. The molecule has 1 saturated carbocycles. The highest BCUT2D eigenvalue weighted by molar-refractivity contribution is 6.01. The zero-order valence-corrected chi connectivity index (χ0v) is 14.0. The van der Waals surface area contributed by atoms with Crippen molar-refractivity contribution in [2.24, 2.45) is 0 Å². The molecule has 2 aromatic rings. The second-order valence-corrected chi connectivity index (χ2v) is 6.81. The lowest BCUT2D eigenvalue weighted by Crippen LogP contribution is -2.47. The summed E-state index contributed by atoms with van der Waals surface area (Å²) in [6, 6.07) is 5.35. The number of benzene rings is 1. The summed E-state index contributed by atoms with van der Waals surface area (Å²) in [6.07, 6.45) is 1.18. The highest BCUT2D eigenvalue weighted by Gasteiger charge is 2.61. The molecule has 0 saturated heterocycles. The van der Waals surface area contributed by atoms with Crippen LogP contribution in [0.1, 0.15) is 29.3 Å². The number of halogens is 2. The average molecular weight is 360 g/mol. The molecule has 1 spiro atoms. The quantitative estimate of drug-likeness (QED) is 0.911. The SMILES string of the molecule is Cc1ccc2c(c1)[C@]1(CC1F)CN(CC(=O)Nc1ncc(F)cn1)C2=O.[HH]. The monoisotopic (exact) mass is 360 g/mol. The van der Waals surface area contributed by atoms with Gasteiger partial charge in [0.1, 0.15) is 12.7 Å². The lowest BCUT2D eigenvalue weighted by atomic mass is 9.85. The van der Waals surface area contributed by atoms with Gasteiger partial charge in [0.2, 0.25) is 11.9 Å². The van der Waals surface area contributed by atoms with Gasteiger partial charge in [-0.25, -0.2) is 18.7 Å². The van der Waals surface area contributed by atoms with Gasteiger partial charge in [-0.15, -0.1) is 0 Å². The maximum Gasteiger partial charge on any atom is 0.254 e. The molecule has 1 aliphatic carbocycles. The number of carbonyl (C=O) groups is 2. The van der Waals surface area contributed by atoms with Crippen LogP contribution in [0.2, 0.25) is 0 Å². The number of nitrogens with one attached hydrogen (secondary N) is 1. The molecule has 6 nitrogen and oxygen atoms in total. The van der Waals surface area contributed by atoms with Crippen LogP contribution in [0.15, 0.2) is 30.6 Å². The van der Waals surface area contributed by atoms with E-state index >= 15 is 0 Å². The summed E-state index contributed by atoms with van der Waals surface area (Å²) in [5, 5.41) is 2.41. The van der Waals surface area contributed by atoms with E-state index in [9.17, 15) is 18.4 Å². The van der Waals surface area contributed by atoms with Crippen LogP contribution < -0.4 is 5.32 Å². The molecule has 0 radical (unpaired) electrons. The molecular formula is C18H18F2N4O2. The summed E-state index contributed by atoms with van der Waals surface area (Å²) in [5.74, 6) is -1.50. The van der Waals surface area contributed by atoms with Gasteiger partial charge in [0.15, 0.2) is 5.82 Å². The van der Waals surface area contributed by atoms with Gasteiger partial charge in [0.05, 0.1) is 12.4 Å². The zero-order chi connectivity index (χ0) is 18.5. The van der Waals surface area contributed by atoms with E-state index < -0.39 is 23.3 Å². The number of hydrogen-bond acceptors (Lipinski definition) is 4. The van der Waals surface area contributed by atoms with Crippen molar-refractivity contribution in [1.82, 2.24) is 14.9 Å². The van der Waals surface area contributed by atoms with Crippen LogP contribution in [0.3, 0.4) is 0 Å². The molecule has 0 bridgehead atoms. The van der Waals surface area contributed by atoms with Crippen LogP contribution in [-0.2, 0) is 10.2 Å². The van der Waals surface area contributed by atoms with Crippen LogP contribution >= 0.6 is 0 Å². The first-order valence-electron chi connectivity index (χ1n) is 8.21. The predicted octanol–water partition coefficient (Wildman–Crippen LogP) is 2.24. The Morgan fingerprint density at radius 1 is 1.42 bits per heavy atom. The maximum absolute atomic E-state index is 14.2. The third-order valence-corrected chi connectivity index (χ3v) is 4.89. The number of hydrogen-bond donors (Lipinski definition) is 1. The van der Waals surface area contributed by atoms with Crippen LogP contribution in [0.4, 0.5) is 14.7 Å². The molecule has 26 heavy (non-hydrogen) atoms. The molecule has 1 aromatic carbocycles. The van der Waals surface area contributed by atoms with Crippen molar-refractivity contribution >= 4 is 17.8 Å². The van der Waals surface area contributed by atoms with Gasteiger partial charge in [-0.3, -0.25) is 14.9 Å². The van der Waals surface area contributed by atoms with E-state index in [1.165, 1.54) is 4.90 Å². The van der Waals surface area contributed by atoms with Crippen molar-refractivity contribution in [3.05, 3.63) is 53.1 Å². The van der Waals surface area contributed by atoms with E-state index in [4.69, 9.17) is 0 Å². The fraction of sp³-hybridized carbons (Fsp3) is 0.333. The van der Waals surface area contributed by atoms with Crippen LogP contribution in [0, 0.1) is 12.7 Å². The van der Waals surface area contributed by atoms with Crippen LogP contribution in [0.5, 0.6) is 0 Å². The molecule has 2 aliphatic rings. The third-order valence-electron chi connectivity index (χ3n) is 4.89. The Balaban J connectivity index is 0.00000210. The van der Waals surface area contributed by atoms with E-state index in [0.717, 1.165) is 23.5 Å². The second-order valence-electron chi connectivity index (χ2n) is 6.81. The van der Waals surface area contributed by atoms with Gasteiger partial charge in [-0.2, -0.15) is 0 Å². The fourth-order valence-corrected chi connectivity index (χ4v) is 3.47. The Labute approximate surface area is 149 Å². The summed E-state index contributed by atoms with van der Waals surface area (Å²) in [5.41, 5.74) is 1.41. The number of alkyl halides is 1. The number of carbonyl (C=O) groups excluding carboxylic acids is 2. The summed E-state index contributed by atoms with van der Waals surface area (Å²) in [7, 11) is 0. The van der Waals surface area contributed by atoms with Crippen molar-refractivity contribution in [2.45, 2.75) is 24.9 Å². The van der Waals surface area contributed by atoms with Crippen LogP contribution in [0.25, 0.3) is 0 Å². The number of aromatic nitrogens is 2. The van der Waals surface area contributed by atoms with Crippen LogP contribution in [-0.4, -0.2) is 45.9 Å². The summed E-state index contributed by atoms with van der Waals surface area (Å²) >= 11 is 0. The molecule has 2 atom stereocenters. The Kier molecular flexibility index (Phi) is 3.71. The number of aryl methyl sites for hydroxylation is 1. The summed E-state index contributed by atoms with van der Waals surface area (Å²) < 4.78 is 27.0. The maximum atomic E-state index is 14.2. The van der Waals surface area contributed by atoms with E-state index in [0.29, 0.717) is 12.0 Å². The Hall–Kier alpha value is -2.90. The number of anilines is 1. The molecule has 136 valence electrons. The standard InChI is InChI=1S/C18H16F2N4O2.H2/c1-10-2-3-12-13(4-10)18(5-14(18)20)9-24(16(12)26)8-15(25)23-17-21-6-11(19)7-22-17;/h2-4,6-7,14H,5,8-9H2,1H3,(H,21,22,23,25);1H/t14?,18-;/m0./s1. The molecule has 1 fully saturated rings. The van der Waals surface area contributed by atoms with E-state index in [1.807, 2.05) is 13.0 Å². The average Bonchev–Trinajstić information content (AvgIpc) is 3.25. The molecular weight excluding hydrogens is 342 g/mol. The molecule has 2 amide bonds. The number of rotatable bonds is 3. The first kappa shape index (κ1) is 16.6. The lowest BCUT2D eigenvalue weighted by Gasteiger charge is -2.34. The smallest absolute Gasteiger partial charge is 0.254 e. The zero-order valence-electron chi connectivity index (χ0n) is 14.0. The highest BCUT2D eigenvalue weighted by atomic mass is 19.1. The largest absolute Gasteiger partial charge is 0.328 e. The van der Waals surface area contributed by atoms with E-state index in [-0.39, 0.29) is 26.4 Å². The Morgan fingerprint density at radius 2 is 2.12 bits per heavy atom. The summed E-state index contributed by atoms with van der Waals surface area (Å²) in [4.78, 5) is 33.6. The van der Waals surface area contributed by atoms with Gasteiger partial charge in [-0.1, -0.05) is 17.7 Å². The lowest BCUT2D eigenvalue weighted by molar-refractivity contribution is -0.117. The predicted molar refractivity (Wildman–Crippen MR) is 91.0 cm³/mol. The molecule has 1 aliphatic heterocycles. The van der Waals surface area contributed by atoms with Gasteiger partial charge in [0.25, 0.3) is 5.91 Å². The van der Waals surface area contributed by atoms with Crippen molar-refractivity contribution in [3.8, 4) is 0 Å². The van der Waals surface area contributed by atoms with Crippen molar-refractivity contribution < 1.29 is 19.8 Å². The van der Waals surface area contributed by atoms with Crippen molar-refractivity contribution in [1.29, 1.82) is 0 Å².